The van der Waals surface area contributed by atoms with Gasteiger partial charge in [0.1, 0.15) is 0 Å². The van der Waals surface area contributed by atoms with Gasteiger partial charge in [-0.1, -0.05) is 30.3 Å². The Bertz CT molecular complexity index is 1090. The van der Waals surface area contributed by atoms with Gasteiger partial charge in [-0.3, -0.25) is 4.79 Å². The number of amides is 1. The fourth-order valence-electron chi connectivity index (χ4n) is 3.17. The standard InChI is InChI=1S/C20H24N2O5S2/c1-20(2,15-6-4-3-5-7-15)19(23)21-16-8-10-18(11-9-16)29(26,27)22-17-12-13-28(24,25)14-17/h3-11,17,22H,12-14H2,1-2H3,(H,21,23). The van der Waals surface area contributed by atoms with Crippen LogP contribution in [0.15, 0.2) is 59.5 Å². The van der Waals surface area contributed by atoms with Crippen molar-refractivity contribution in [2.75, 3.05) is 16.8 Å². The van der Waals surface area contributed by atoms with E-state index in [0.29, 0.717) is 5.69 Å². The molecular weight excluding hydrogens is 412 g/mol. The quantitative estimate of drug-likeness (QED) is 0.720. The van der Waals surface area contributed by atoms with Crippen LogP contribution in [0, 0.1) is 0 Å². The molecule has 1 aliphatic rings. The minimum atomic E-state index is -3.84. The summed E-state index contributed by atoms with van der Waals surface area (Å²) in [4.78, 5) is 12.7. The third-order valence-electron chi connectivity index (χ3n) is 5.04. The van der Waals surface area contributed by atoms with Gasteiger partial charge in [0, 0.05) is 11.7 Å². The fraction of sp³-hybridized carbons (Fsp3) is 0.350. The second kappa shape index (κ2) is 7.89. The van der Waals surface area contributed by atoms with Crippen LogP contribution in [0.5, 0.6) is 0 Å². The molecule has 3 rings (SSSR count). The fourth-order valence-corrected chi connectivity index (χ4v) is 6.22. The van der Waals surface area contributed by atoms with Crippen molar-refractivity contribution in [1.82, 2.24) is 4.72 Å². The Labute approximate surface area is 171 Å². The molecule has 1 heterocycles. The Kier molecular flexibility index (Phi) is 5.84. The largest absolute Gasteiger partial charge is 0.325 e. The lowest BCUT2D eigenvalue weighted by Gasteiger charge is -2.24. The van der Waals surface area contributed by atoms with Crippen molar-refractivity contribution in [2.24, 2.45) is 0 Å². The summed E-state index contributed by atoms with van der Waals surface area (Å²) >= 11 is 0. The summed E-state index contributed by atoms with van der Waals surface area (Å²) in [5, 5.41) is 2.81. The molecule has 7 nitrogen and oxygen atoms in total. The molecule has 1 saturated heterocycles. The van der Waals surface area contributed by atoms with E-state index in [1.165, 1.54) is 24.3 Å². The molecule has 2 N–H and O–H groups in total. The third kappa shape index (κ3) is 5.04. The Hall–Kier alpha value is -2.23. The Morgan fingerprint density at radius 3 is 2.21 bits per heavy atom. The van der Waals surface area contributed by atoms with Crippen molar-refractivity contribution in [3.63, 3.8) is 0 Å². The van der Waals surface area contributed by atoms with Gasteiger partial charge in [0.25, 0.3) is 0 Å². The third-order valence-corrected chi connectivity index (χ3v) is 8.34. The predicted molar refractivity (Wildman–Crippen MR) is 112 cm³/mol. The van der Waals surface area contributed by atoms with Gasteiger partial charge in [0.05, 0.1) is 21.8 Å². The molecule has 0 spiro atoms. The van der Waals surface area contributed by atoms with Gasteiger partial charge in [0.15, 0.2) is 9.84 Å². The Balaban J connectivity index is 1.69. The number of benzene rings is 2. The van der Waals surface area contributed by atoms with Crippen molar-refractivity contribution < 1.29 is 21.6 Å². The van der Waals surface area contributed by atoms with Gasteiger partial charge < -0.3 is 5.32 Å². The van der Waals surface area contributed by atoms with Crippen LogP contribution < -0.4 is 10.0 Å². The topological polar surface area (TPSA) is 109 Å². The molecule has 0 radical (unpaired) electrons. The van der Waals surface area contributed by atoms with E-state index in [0.717, 1.165) is 5.56 Å². The van der Waals surface area contributed by atoms with Crippen LogP contribution >= 0.6 is 0 Å². The van der Waals surface area contributed by atoms with E-state index in [1.807, 2.05) is 44.2 Å². The van der Waals surface area contributed by atoms with E-state index in [1.54, 1.807) is 0 Å². The van der Waals surface area contributed by atoms with Gasteiger partial charge in [-0.15, -0.1) is 0 Å². The molecule has 1 fully saturated rings. The van der Waals surface area contributed by atoms with Crippen LogP contribution in [0.2, 0.25) is 0 Å². The summed E-state index contributed by atoms with van der Waals surface area (Å²) in [6.07, 6.45) is 0.268. The van der Waals surface area contributed by atoms with E-state index in [9.17, 15) is 21.6 Å². The maximum Gasteiger partial charge on any atom is 0.240 e. The molecule has 9 heteroatoms. The first-order chi connectivity index (χ1) is 13.5. The molecule has 0 saturated carbocycles. The first-order valence-corrected chi connectivity index (χ1v) is 12.5. The molecule has 1 aliphatic heterocycles. The van der Waals surface area contributed by atoms with Crippen LogP contribution in [-0.2, 0) is 30.1 Å². The molecule has 2 aromatic rings. The van der Waals surface area contributed by atoms with Gasteiger partial charge in [-0.05, 0) is 50.1 Å². The van der Waals surface area contributed by atoms with Crippen LogP contribution in [0.4, 0.5) is 5.69 Å². The van der Waals surface area contributed by atoms with E-state index in [4.69, 9.17) is 0 Å². The van der Waals surface area contributed by atoms with Crippen LogP contribution in [0.25, 0.3) is 0 Å². The SMILES string of the molecule is CC(C)(C(=O)Nc1ccc(S(=O)(=O)NC2CCS(=O)(=O)C2)cc1)c1ccccc1. The molecule has 1 amide bonds. The second-order valence-corrected chi connectivity index (χ2v) is 11.6. The first kappa shape index (κ1) is 21.5. The molecule has 0 aliphatic carbocycles. The zero-order chi connectivity index (χ0) is 21.3. The number of sulfone groups is 1. The minimum Gasteiger partial charge on any atom is -0.325 e. The zero-order valence-electron chi connectivity index (χ0n) is 16.3. The number of hydrogen-bond donors (Lipinski definition) is 2. The van der Waals surface area contributed by atoms with Gasteiger partial charge in [-0.25, -0.2) is 21.6 Å². The maximum absolute atomic E-state index is 12.7. The van der Waals surface area contributed by atoms with Crippen molar-refractivity contribution in [3.8, 4) is 0 Å². The number of carbonyl (C=O) groups excluding carboxylic acids is 1. The van der Waals surface area contributed by atoms with Gasteiger partial charge in [-0.2, -0.15) is 0 Å². The van der Waals surface area contributed by atoms with E-state index < -0.39 is 31.3 Å². The monoisotopic (exact) mass is 436 g/mol. The molecule has 156 valence electrons. The molecule has 0 aromatic heterocycles. The second-order valence-electron chi connectivity index (χ2n) is 7.69. The first-order valence-electron chi connectivity index (χ1n) is 9.19. The van der Waals surface area contributed by atoms with Crippen LogP contribution in [0.3, 0.4) is 0 Å². The highest BCUT2D eigenvalue weighted by Gasteiger charge is 2.32. The lowest BCUT2D eigenvalue weighted by molar-refractivity contribution is -0.120. The number of nitrogens with one attached hydrogen (secondary N) is 2. The number of carbonyl (C=O) groups is 1. The molecule has 1 unspecified atom stereocenters. The lowest BCUT2D eigenvalue weighted by Crippen LogP contribution is -2.35. The number of anilines is 1. The van der Waals surface area contributed by atoms with Gasteiger partial charge >= 0.3 is 0 Å². The molecule has 0 bridgehead atoms. The highest BCUT2D eigenvalue weighted by atomic mass is 32.2. The van der Waals surface area contributed by atoms with Crippen molar-refractivity contribution in [3.05, 3.63) is 60.2 Å². The highest BCUT2D eigenvalue weighted by Crippen LogP contribution is 2.25. The normalized spacial score (nSPS) is 19.0. The van der Waals surface area contributed by atoms with Crippen molar-refractivity contribution in [2.45, 2.75) is 36.6 Å². The highest BCUT2D eigenvalue weighted by molar-refractivity contribution is 7.92. The predicted octanol–water partition coefficient (Wildman–Crippen LogP) is 2.07. The van der Waals surface area contributed by atoms with Crippen molar-refractivity contribution >= 4 is 31.5 Å². The smallest absolute Gasteiger partial charge is 0.240 e. The molecular formula is C20H24N2O5S2. The van der Waals surface area contributed by atoms with E-state index >= 15 is 0 Å². The Morgan fingerprint density at radius 2 is 1.66 bits per heavy atom. The maximum atomic E-state index is 12.7. The summed E-state index contributed by atoms with van der Waals surface area (Å²) in [5.74, 6) is -0.411. The molecule has 2 aromatic carbocycles. The number of sulfonamides is 1. The molecule has 29 heavy (non-hydrogen) atoms. The summed E-state index contributed by atoms with van der Waals surface area (Å²) in [5.41, 5.74) is 0.579. The average Bonchev–Trinajstić information content (AvgIpc) is 3.00. The Morgan fingerprint density at radius 1 is 1.03 bits per heavy atom. The van der Waals surface area contributed by atoms with Gasteiger partial charge in [0.2, 0.25) is 15.9 Å². The lowest BCUT2D eigenvalue weighted by atomic mass is 9.83. The van der Waals surface area contributed by atoms with E-state index in [2.05, 4.69) is 10.0 Å². The average molecular weight is 437 g/mol. The number of hydrogen-bond acceptors (Lipinski definition) is 5. The summed E-state index contributed by atoms with van der Waals surface area (Å²) < 4.78 is 50.4. The number of rotatable bonds is 6. The zero-order valence-corrected chi connectivity index (χ0v) is 17.9. The minimum absolute atomic E-state index is 0.0116. The van der Waals surface area contributed by atoms with Crippen LogP contribution in [-0.4, -0.2) is 40.3 Å². The summed E-state index contributed by atoms with van der Waals surface area (Å²) in [6.45, 7) is 3.63. The van der Waals surface area contributed by atoms with Crippen LogP contribution in [0.1, 0.15) is 25.8 Å². The van der Waals surface area contributed by atoms with E-state index in [-0.39, 0.29) is 28.7 Å². The summed E-state index contributed by atoms with van der Waals surface area (Å²) in [6, 6.07) is 14.6. The molecule has 1 atom stereocenters. The summed E-state index contributed by atoms with van der Waals surface area (Å²) in [7, 11) is -7.02. The van der Waals surface area contributed by atoms with Crippen molar-refractivity contribution in [1.29, 1.82) is 0 Å².